The molecule has 27 heavy (non-hydrogen) atoms. The lowest BCUT2D eigenvalue weighted by Gasteiger charge is -2.10. The van der Waals surface area contributed by atoms with E-state index in [1.807, 2.05) is 35.8 Å². The Kier molecular flexibility index (Phi) is 5.97. The maximum absolute atomic E-state index is 11.1. The van der Waals surface area contributed by atoms with E-state index in [9.17, 15) is 4.79 Å². The van der Waals surface area contributed by atoms with Crippen LogP contribution in [0, 0.1) is 0 Å². The van der Waals surface area contributed by atoms with Gasteiger partial charge in [0.2, 0.25) is 5.91 Å². The van der Waals surface area contributed by atoms with E-state index in [1.54, 1.807) is 0 Å². The Labute approximate surface area is 160 Å². The molecule has 3 aromatic rings. The third-order valence-corrected chi connectivity index (χ3v) is 4.59. The number of nitrogens with zero attached hydrogens (tertiary/aromatic N) is 4. The van der Waals surface area contributed by atoms with Crippen molar-refractivity contribution < 1.29 is 14.3 Å². The number of anilines is 1. The Morgan fingerprint density at radius 1 is 1.19 bits per heavy atom. The molecule has 0 bridgehead atoms. The Hall–Kier alpha value is -3.01. The van der Waals surface area contributed by atoms with E-state index in [2.05, 4.69) is 15.0 Å². The minimum absolute atomic E-state index is 0.108. The molecule has 0 aliphatic heterocycles. The first-order chi connectivity index (χ1) is 13.1. The van der Waals surface area contributed by atoms with E-state index in [0.29, 0.717) is 36.1 Å². The van der Waals surface area contributed by atoms with Crippen LogP contribution in [0.4, 0.5) is 5.82 Å². The van der Waals surface area contributed by atoms with Crippen molar-refractivity contribution in [1.29, 1.82) is 0 Å². The van der Waals surface area contributed by atoms with Gasteiger partial charge in [-0.05, 0) is 31.2 Å². The molecule has 4 N–H and O–H groups in total. The number of nitrogen functional groups attached to an aromatic ring is 1. The van der Waals surface area contributed by atoms with Crippen LogP contribution in [0.15, 0.2) is 35.7 Å². The Morgan fingerprint density at radius 2 is 1.89 bits per heavy atom. The second-order valence-electron chi connectivity index (χ2n) is 5.49. The molecule has 1 amide bonds. The van der Waals surface area contributed by atoms with E-state index in [4.69, 9.17) is 20.9 Å². The highest BCUT2D eigenvalue weighted by molar-refractivity contribution is 7.99. The molecule has 0 saturated carbocycles. The van der Waals surface area contributed by atoms with Crippen LogP contribution >= 0.6 is 11.8 Å². The Bertz CT molecular complexity index is 928. The summed E-state index contributed by atoms with van der Waals surface area (Å²) in [5.41, 5.74) is 12.2. The van der Waals surface area contributed by atoms with Crippen LogP contribution in [0.25, 0.3) is 11.2 Å². The van der Waals surface area contributed by atoms with Crippen molar-refractivity contribution in [1.82, 2.24) is 19.5 Å². The number of imidazole rings is 1. The van der Waals surface area contributed by atoms with Gasteiger partial charge in [-0.15, -0.1) is 0 Å². The molecule has 0 aliphatic rings. The lowest BCUT2D eigenvalue weighted by molar-refractivity contribution is -0.115. The van der Waals surface area contributed by atoms with E-state index < -0.39 is 5.91 Å². The van der Waals surface area contributed by atoms with Gasteiger partial charge in [-0.2, -0.15) is 0 Å². The topological polar surface area (TPSA) is 131 Å². The molecule has 0 spiro atoms. The fourth-order valence-corrected chi connectivity index (χ4v) is 3.20. The van der Waals surface area contributed by atoms with Crippen LogP contribution in [-0.4, -0.2) is 44.4 Å². The normalized spacial score (nSPS) is 10.9. The number of ether oxygens (including phenoxy) is 2. The zero-order chi connectivity index (χ0) is 19.2. The monoisotopic (exact) mass is 388 g/mol. The first-order valence-corrected chi connectivity index (χ1v) is 9.30. The molecule has 0 saturated heterocycles. The fraction of sp³-hybridized carbons (Fsp3) is 0.294. The Balaban J connectivity index is 1.73. The van der Waals surface area contributed by atoms with Crippen LogP contribution in [0.1, 0.15) is 6.92 Å². The standard InChI is InChI=1S/C17H20N6O3S/c1-2-25-11-3-5-12(6-4-11)26-8-7-23-16-14(15(19)20-10-21-16)22-17(23)27-9-13(18)24/h3-6,10H,2,7-9H2,1H3,(H2,18,24)(H2,19,20,21). The van der Waals surface area contributed by atoms with E-state index >= 15 is 0 Å². The molecule has 0 fully saturated rings. The number of rotatable bonds is 9. The molecule has 0 atom stereocenters. The van der Waals surface area contributed by atoms with Gasteiger partial charge in [0.05, 0.1) is 18.9 Å². The molecule has 2 aromatic heterocycles. The van der Waals surface area contributed by atoms with Crippen LogP contribution in [-0.2, 0) is 11.3 Å². The molecule has 10 heteroatoms. The number of amides is 1. The SMILES string of the molecule is CCOc1ccc(OCCn2c(SCC(N)=O)nc3c(N)ncnc32)cc1. The fourth-order valence-electron chi connectivity index (χ4n) is 2.43. The smallest absolute Gasteiger partial charge is 0.227 e. The van der Waals surface area contributed by atoms with Crippen molar-refractivity contribution in [3.05, 3.63) is 30.6 Å². The van der Waals surface area contributed by atoms with E-state index in [1.165, 1.54) is 18.1 Å². The summed E-state index contributed by atoms with van der Waals surface area (Å²) in [5.74, 6) is 1.48. The molecule has 0 aliphatic carbocycles. The molecule has 2 heterocycles. The first kappa shape index (κ1) is 18.8. The summed E-state index contributed by atoms with van der Waals surface area (Å²) in [7, 11) is 0. The molecule has 3 rings (SSSR count). The number of hydrogen-bond acceptors (Lipinski definition) is 8. The third kappa shape index (κ3) is 4.59. The minimum Gasteiger partial charge on any atom is -0.494 e. The number of primary amides is 1. The number of carbonyl (C=O) groups excluding carboxylic acids is 1. The highest BCUT2D eigenvalue weighted by atomic mass is 32.2. The minimum atomic E-state index is -0.427. The molecular formula is C17H20N6O3S. The van der Waals surface area contributed by atoms with E-state index in [0.717, 1.165) is 11.5 Å². The van der Waals surface area contributed by atoms with Crippen molar-refractivity contribution in [3.8, 4) is 11.5 Å². The number of carbonyl (C=O) groups is 1. The second-order valence-corrected chi connectivity index (χ2v) is 6.43. The summed E-state index contributed by atoms with van der Waals surface area (Å²) in [5, 5.41) is 0.589. The molecule has 9 nitrogen and oxygen atoms in total. The lowest BCUT2D eigenvalue weighted by Crippen LogP contribution is -2.15. The van der Waals surface area contributed by atoms with Gasteiger partial charge in [0, 0.05) is 0 Å². The largest absolute Gasteiger partial charge is 0.494 e. The predicted molar refractivity (Wildman–Crippen MR) is 103 cm³/mol. The molecule has 142 valence electrons. The predicted octanol–water partition coefficient (Wildman–Crippen LogP) is 1.46. The maximum atomic E-state index is 11.1. The molecule has 0 radical (unpaired) electrons. The van der Waals surface area contributed by atoms with Gasteiger partial charge in [0.15, 0.2) is 22.1 Å². The van der Waals surface area contributed by atoms with Crippen molar-refractivity contribution >= 4 is 34.7 Å². The van der Waals surface area contributed by atoms with Crippen molar-refractivity contribution in [3.63, 3.8) is 0 Å². The summed E-state index contributed by atoms with van der Waals surface area (Å²) in [6.45, 7) is 3.41. The van der Waals surface area contributed by atoms with Gasteiger partial charge in [-0.3, -0.25) is 4.79 Å². The van der Waals surface area contributed by atoms with Gasteiger partial charge < -0.3 is 25.5 Å². The Morgan fingerprint density at radius 3 is 2.56 bits per heavy atom. The summed E-state index contributed by atoms with van der Waals surface area (Å²) < 4.78 is 13.0. The summed E-state index contributed by atoms with van der Waals surface area (Å²) >= 11 is 1.23. The first-order valence-electron chi connectivity index (χ1n) is 8.32. The molecule has 1 aromatic carbocycles. The van der Waals surface area contributed by atoms with Crippen LogP contribution in [0.2, 0.25) is 0 Å². The van der Waals surface area contributed by atoms with Crippen LogP contribution in [0.5, 0.6) is 11.5 Å². The van der Waals surface area contributed by atoms with Gasteiger partial charge >= 0.3 is 0 Å². The molecule has 0 unspecified atom stereocenters. The lowest BCUT2D eigenvalue weighted by atomic mass is 10.3. The summed E-state index contributed by atoms with van der Waals surface area (Å²) in [4.78, 5) is 23.8. The second kappa shape index (κ2) is 8.58. The van der Waals surface area contributed by atoms with Crippen LogP contribution < -0.4 is 20.9 Å². The maximum Gasteiger partial charge on any atom is 0.227 e. The highest BCUT2D eigenvalue weighted by Crippen LogP contribution is 2.25. The van der Waals surface area contributed by atoms with Crippen molar-refractivity contribution in [2.45, 2.75) is 18.6 Å². The van der Waals surface area contributed by atoms with Crippen molar-refractivity contribution in [2.24, 2.45) is 5.73 Å². The average Bonchev–Trinajstić information content (AvgIpc) is 3.01. The number of benzene rings is 1. The highest BCUT2D eigenvalue weighted by Gasteiger charge is 2.16. The van der Waals surface area contributed by atoms with Gasteiger partial charge in [0.25, 0.3) is 0 Å². The van der Waals surface area contributed by atoms with Gasteiger partial charge in [-0.1, -0.05) is 11.8 Å². The number of nitrogens with two attached hydrogens (primary N) is 2. The summed E-state index contributed by atoms with van der Waals surface area (Å²) in [6, 6.07) is 7.40. The number of fused-ring (bicyclic) bond motifs is 1. The number of thioether (sulfide) groups is 1. The van der Waals surface area contributed by atoms with Crippen LogP contribution in [0.3, 0.4) is 0 Å². The van der Waals surface area contributed by atoms with Gasteiger partial charge in [0.1, 0.15) is 24.4 Å². The zero-order valence-corrected chi connectivity index (χ0v) is 15.6. The van der Waals surface area contributed by atoms with Gasteiger partial charge in [-0.25, -0.2) is 15.0 Å². The number of hydrogen-bond donors (Lipinski definition) is 2. The van der Waals surface area contributed by atoms with Crippen molar-refractivity contribution in [2.75, 3.05) is 24.7 Å². The third-order valence-electron chi connectivity index (χ3n) is 3.59. The average molecular weight is 388 g/mol. The summed E-state index contributed by atoms with van der Waals surface area (Å²) in [6.07, 6.45) is 1.38. The number of aromatic nitrogens is 4. The molecular weight excluding hydrogens is 368 g/mol. The van der Waals surface area contributed by atoms with E-state index in [-0.39, 0.29) is 11.6 Å². The zero-order valence-electron chi connectivity index (χ0n) is 14.8. The quantitative estimate of drug-likeness (QED) is 0.527.